The smallest absolute Gasteiger partial charge is 0.293 e. The average Bonchev–Trinajstić information content (AvgIpc) is 3.07. The lowest BCUT2D eigenvalue weighted by Gasteiger charge is -2.13. The van der Waals surface area contributed by atoms with Crippen molar-refractivity contribution in [2.75, 3.05) is 0 Å². The molecule has 0 aromatic heterocycles. The number of halogens is 3. The molecular formula is C24H15Br2ClN2O5S. The van der Waals surface area contributed by atoms with E-state index in [1.54, 1.807) is 54.6 Å². The highest BCUT2D eigenvalue weighted by atomic mass is 79.9. The SMILES string of the molecule is O=C1S/C(=C\c2cc(Br)c(OCc3ccc([N+](=O)[O-])cc3)c(Br)c2)C(=O)N1Cc1ccc(Cl)cc1. The highest BCUT2D eigenvalue weighted by Gasteiger charge is 2.35. The maximum atomic E-state index is 12.9. The van der Waals surface area contributed by atoms with Crippen molar-refractivity contribution in [2.24, 2.45) is 0 Å². The molecule has 7 nitrogen and oxygen atoms in total. The summed E-state index contributed by atoms with van der Waals surface area (Å²) in [6.45, 7) is 0.375. The number of non-ortho nitro benzene ring substituents is 1. The number of carbonyl (C=O) groups excluding carboxylic acids is 2. The second kappa shape index (κ2) is 10.9. The van der Waals surface area contributed by atoms with Crippen LogP contribution in [0.4, 0.5) is 10.5 Å². The molecule has 0 atom stereocenters. The topological polar surface area (TPSA) is 89.7 Å². The summed E-state index contributed by atoms with van der Waals surface area (Å²) in [6, 6.07) is 16.7. The van der Waals surface area contributed by atoms with Crippen LogP contribution in [0.1, 0.15) is 16.7 Å². The molecule has 0 saturated carbocycles. The molecule has 1 fully saturated rings. The lowest BCUT2D eigenvalue weighted by molar-refractivity contribution is -0.384. The van der Waals surface area contributed by atoms with Gasteiger partial charge in [0.05, 0.1) is 25.3 Å². The Kier molecular flexibility index (Phi) is 7.95. The summed E-state index contributed by atoms with van der Waals surface area (Å²) < 4.78 is 7.16. The van der Waals surface area contributed by atoms with E-state index in [2.05, 4.69) is 31.9 Å². The van der Waals surface area contributed by atoms with Crippen LogP contribution in [0.3, 0.4) is 0 Å². The van der Waals surface area contributed by atoms with E-state index in [4.69, 9.17) is 16.3 Å². The molecule has 0 aliphatic carbocycles. The Hall–Kier alpha value is -2.66. The number of carbonyl (C=O) groups is 2. The molecule has 3 aromatic carbocycles. The Morgan fingerprint density at radius 2 is 1.60 bits per heavy atom. The van der Waals surface area contributed by atoms with Crippen molar-refractivity contribution in [3.05, 3.63) is 106 Å². The molecule has 0 N–H and O–H groups in total. The molecule has 178 valence electrons. The monoisotopic (exact) mass is 636 g/mol. The highest BCUT2D eigenvalue weighted by molar-refractivity contribution is 9.11. The van der Waals surface area contributed by atoms with Crippen molar-refractivity contribution in [3.8, 4) is 5.75 Å². The number of rotatable bonds is 7. The minimum Gasteiger partial charge on any atom is -0.487 e. The van der Waals surface area contributed by atoms with Crippen molar-refractivity contribution >= 4 is 78.1 Å². The summed E-state index contributed by atoms with van der Waals surface area (Å²) in [5.41, 5.74) is 2.28. The van der Waals surface area contributed by atoms with E-state index >= 15 is 0 Å². The van der Waals surface area contributed by atoms with Crippen LogP contribution in [0.5, 0.6) is 5.75 Å². The molecule has 1 aliphatic heterocycles. The van der Waals surface area contributed by atoms with Crippen molar-refractivity contribution in [2.45, 2.75) is 13.2 Å². The molecule has 11 heteroatoms. The molecule has 4 rings (SSSR count). The van der Waals surface area contributed by atoms with Crippen LogP contribution in [0, 0.1) is 10.1 Å². The summed E-state index contributed by atoms with van der Waals surface area (Å²) in [7, 11) is 0. The van der Waals surface area contributed by atoms with Gasteiger partial charge in [-0.05, 0) is 103 Å². The minimum atomic E-state index is -0.455. The Labute approximate surface area is 226 Å². The molecule has 1 aliphatic rings. The van der Waals surface area contributed by atoms with E-state index in [0.717, 1.165) is 22.9 Å². The summed E-state index contributed by atoms with van der Waals surface area (Å²) in [5.74, 6) is 0.178. The van der Waals surface area contributed by atoms with Gasteiger partial charge in [-0.1, -0.05) is 23.7 Å². The number of nitrogens with zero attached hydrogens (tertiary/aromatic N) is 2. The molecule has 0 unspecified atom stereocenters. The highest BCUT2D eigenvalue weighted by Crippen LogP contribution is 2.38. The zero-order valence-electron chi connectivity index (χ0n) is 17.7. The van der Waals surface area contributed by atoms with Crippen LogP contribution in [0.15, 0.2) is 74.5 Å². The van der Waals surface area contributed by atoms with Gasteiger partial charge in [0, 0.05) is 17.2 Å². The molecule has 35 heavy (non-hydrogen) atoms. The Bertz CT molecular complexity index is 1320. The van der Waals surface area contributed by atoms with Gasteiger partial charge in [-0.3, -0.25) is 24.6 Å². The van der Waals surface area contributed by atoms with Crippen LogP contribution in [0.25, 0.3) is 6.08 Å². The third kappa shape index (κ3) is 6.13. The molecule has 0 spiro atoms. The van der Waals surface area contributed by atoms with E-state index in [1.807, 2.05) is 0 Å². The number of benzene rings is 3. The van der Waals surface area contributed by atoms with Crippen LogP contribution in [-0.4, -0.2) is 21.0 Å². The third-order valence-corrected chi connectivity index (χ3v) is 7.31. The summed E-state index contributed by atoms with van der Waals surface area (Å²) in [6.07, 6.45) is 1.66. The van der Waals surface area contributed by atoms with E-state index in [1.165, 1.54) is 17.0 Å². The van der Waals surface area contributed by atoms with Gasteiger partial charge in [0.2, 0.25) is 0 Å². The first-order valence-corrected chi connectivity index (χ1v) is 12.8. The third-order valence-electron chi connectivity index (χ3n) is 4.98. The van der Waals surface area contributed by atoms with Crippen molar-refractivity contribution < 1.29 is 19.2 Å². The quantitative estimate of drug-likeness (QED) is 0.151. The number of nitro benzene ring substituents is 1. The maximum absolute atomic E-state index is 12.9. The molecule has 2 amide bonds. The van der Waals surface area contributed by atoms with Gasteiger partial charge in [-0.25, -0.2) is 0 Å². The molecule has 1 heterocycles. The van der Waals surface area contributed by atoms with Crippen LogP contribution >= 0.6 is 55.2 Å². The summed E-state index contributed by atoms with van der Waals surface area (Å²) in [4.78, 5) is 37.2. The average molecular weight is 639 g/mol. The molecule has 1 saturated heterocycles. The van der Waals surface area contributed by atoms with Crippen molar-refractivity contribution in [1.29, 1.82) is 0 Å². The van der Waals surface area contributed by atoms with Gasteiger partial charge in [0.15, 0.2) is 0 Å². The fraction of sp³-hybridized carbons (Fsp3) is 0.0833. The number of ether oxygens (including phenoxy) is 1. The Balaban J connectivity index is 1.47. The van der Waals surface area contributed by atoms with Gasteiger partial charge in [-0.2, -0.15) is 0 Å². The number of thioether (sulfide) groups is 1. The van der Waals surface area contributed by atoms with Gasteiger partial charge in [-0.15, -0.1) is 0 Å². The lowest BCUT2D eigenvalue weighted by atomic mass is 10.2. The number of hydrogen-bond acceptors (Lipinski definition) is 6. The van der Waals surface area contributed by atoms with Gasteiger partial charge >= 0.3 is 0 Å². The lowest BCUT2D eigenvalue weighted by Crippen LogP contribution is -2.27. The van der Waals surface area contributed by atoms with E-state index in [-0.39, 0.29) is 30.0 Å². The fourth-order valence-electron chi connectivity index (χ4n) is 3.23. The summed E-state index contributed by atoms with van der Waals surface area (Å²) in [5, 5.41) is 11.0. The Morgan fingerprint density at radius 1 is 1.00 bits per heavy atom. The minimum absolute atomic E-state index is 0.0121. The van der Waals surface area contributed by atoms with Gasteiger partial charge < -0.3 is 4.74 Å². The number of amides is 2. The largest absolute Gasteiger partial charge is 0.487 e. The van der Waals surface area contributed by atoms with E-state index < -0.39 is 4.92 Å². The first-order valence-electron chi connectivity index (χ1n) is 10.1. The van der Waals surface area contributed by atoms with Crippen LogP contribution < -0.4 is 4.74 Å². The zero-order valence-corrected chi connectivity index (χ0v) is 22.5. The van der Waals surface area contributed by atoms with Crippen molar-refractivity contribution in [3.63, 3.8) is 0 Å². The predicted octanol–water partition coefficient (Wildman–Crippen LogP) is 7.59. The first-order chi connectivity index (χ1) is 16.7. The van der Waals surface area contributed by atoms with Crippen molar-refractivity contribution in [1.82, 2.24) is 4.90 Å². The zero-order chi connectivity index (χ0) is 25.1. The van der Waals surface area contributed by atoms with E-state index in [9.17, 15) is 19.7 Å². The first kappa shape index (κ1) is 25.4. The van der Waals surface area contributed by atoms with Gasteiger partial charge in [0.25, 0.3) is 16.8 Å². The van der Waals surface area contributed by atoms with E-state index in [0.29, 0.717) is 30.2 Å². The maximum Gasteiger partial charge on any atom is 0.293 e. The second-order valence-electron chi connectivity index (χ2n) is 7.42. The van der Waals surface area contributed by atoms with Crippen LogP contribution in [-0.2, 0) is 17.9 Å². The number of hydrogen-bond donors (Lipinski definition) is 0. The number of nitro groups is 1. The molecule has 3 aromatic rings. The normalized spacial score (nSPS) is 14.6. The van der Waals surface area contributed by atoms with Crippen LogP contribution in [0.2, 0.25) is 5.02 Å². The summed E-state index contributed by atoms with van der Waals surface area (Å²) >= 11 is 13.8. The standard InChI is InChI=1S/C24H15Br2ClN2O5S/c25-19-9-16(10-20(26)22(19)34-13-15-3-7-18(8-4-15)29(32)33)11-21-23(30)28(24(31)35-21)12-14-1-5-17(27)6-2-14/h1-11H,12-13H2/b21-11-. The number of imide groups is 1. The van der Waals surface area contributed by atoms with Gasteiger partial charge in [0.1, 0.15) is 12.4 Å². The molecule has 0 radical (unpaired) electrons. The molecular weight excluding hydrogens is 624 g/mol. The Morgan fingerprint density at radius 3 is 2.20 bits per heavy atom. The second-order valence-corrected chi connectivity index (χ2v) is 10.6. The predicted molar refractivity (Wildman–Crippen MR) is 142 cm³/mol. The fourth-order valence-corrected chi connectivity index (χ4v) is 5.65. The molecule has 0 bridgehead atoms.